The van der Waals surface area contributed by atoms with Crippen LogP contribution in [0, 0.1) is 5.92 Å². The minimum atomic E-state index is -1.15. The third-order valence-corrected chi connectivity index (χ3v) is 7.13. The number of halogens is 1. The van der Waals surface area contributed by atoms with E-state index in [0.29, 0.717) is 31.6 Å². The molecule has 0 aromatic heterocycles. The van der Waals surface area contributed by atoms with Gasteiger partial charge in [0.25, 0.3) is 0 Å². The highest BCUT2D eigenvalue weighted by Gasteiger charge is 2.39. The second-order valence-corrected chi connectivity index (χ2v) is 11.5. The van der Waals surface area contributed by atoms with E-state index in [0.717, 1.165) is 23.2 Å². The van der Waals surface area contributed by atoms with E-state index < -0.39 is 29.4 Å². The lowest BCUT2D eigenvalue weighted by atomic mass is 9.94. The quantitative estimate of drug-likeness (QED) is 0.428. The molecule has 1 fully saturated rings. The summed E-state index contributed by atoms with van der Waals surface area (Å²) in [4.78, 5) is 56.2. The number of fused-ring (bicyclic) bond motifs is 1. The summed E-state index contributed by atoms with van der Waals surface area (Å²) >= 11 is 0. The molecule has 216 valence electrons. The van der Waals surface area contributed by atoms with Gasteiger partial charge in [0.05, 0.1) is 23.5 Å². The van der Waals surface area contributed by atoms with Gasteiger partial charge in [0.1, 0.15) is 12.1 Å². The highest BCUT2D eigenvalue weighted by atomic mass is 35.5. The van der Waals surface area contributed by atoms with Gasteiger partial charge in [-0.3, -0.25) is 19.2 Å². The van der Waals surface area contributed by atoms with Crippen LogP contribution >= 0.6 is 12.4 Å². The number of nitrogens with zero attached hydrogens (tertiary/aromatic N) is 2. The summed E-state index contributed by atoms with van der Waals surface area (Å²) in [6.45, 7) is 7.99. The summed E-state index contributed by atoms with van der Waals surface area (Å²) in [7, 11) is 0. The predicted molar refractivity (Wildman–Crippen MR) is 158 cm³/mol. The van der Waals surface area contributed by atoms with Crippen LogP contribution in [0.2, 0.25) is 0 Å². The van der Waals surface area contributed by atoms with Crippen LogP contribution in [0.5, 0.6) is 0 Å². The fraction of sp³-hybridized carbons (Fsp3) is 0.467. The van der Waals surface area contributed by atoms with Crippen LogP contribution in [0.1, 0.15) is 58.1 Å². The number of para-hydroxylation sites is 1. The highest BCUT2D eigenvalue weighted by molar-refractivity contribution is 6.08. The molecule has 40 heavy (non-hydrogen) atoms. The molecule has 0 bridgehead atoms. The molecule has 0 saturated carbocycles. The lowest BCUT2D eigenvalue weighted by molar-refractivity contribution is -0.133. The lowest BCUT2D eigenvalue weighted by Crippen LogP contribution is -2.59. The van der Waals surface area contributed by atoms with Gasteiger partial charge in [0, 0.05) is 19.4 Å². The van der Waals surface area contributed by atoms with E-state index in [2.05, 4.69) is 10.6 Å². The summed E-state index contributed by atoms with van der Waals surface area (Å²) < 4.78 is 0. The Kier molecular flexibility index (Phi) is 9.97. The van der Waals surface area contributed by atoms with Gasteiger partial charge in [-0.05, 0) is 49.8 Å². The fourth-order valence-electron chi connectivity index (χ4n) is 5.14. The summed E-state index contributed by atoms with van der Waals surface area (Å²) in [5.74, 6) is -0.948. The van der Waals surface area contributed by atoms with E-state index in [1.807, 2.05) is 62.4 Å². The molecular weight excluding hydrogens is 530 g/mol. The first kappa shape index (κ1) is 31.1. The summed E-state index contributed by atoms with van der Waals surface area (Å²) in [6.07, 6.45) is 1.94. The van der Waals surface area contributed by atoms with Crippen molar-refractivity contribution in [2.24, 2.45) is 11.7 Å². The monoisotopic (exact) mass is 569 g/mol. The van der Waals surface area contributed by atoms with Gasteiger partial charge in [-0.1, -0.05) is 56.3 Å². The molecule has 10 heteroatoms. The molecule has 9 nitrogen and oxygen atoms in total. The maximum absolute atomic E-state index is 14.0. The number of nitrogens with two attached hydrogens (primary N) is 1. The molecule has 1 unspecified atom stereocenters. The standard InChI is InChI=1S/C30H39N5O4.ClH/c1-19(2)16-22(33-29(39)30(3,4)31)27(37)32-23-17-21-12-8-13-24(34-15-9-14-25(34)36)26(21)35(28(23)38)18-20-10-6-5-7-11-20;/h5-8,10-13,19,22-23H,9,14-18,31H2,1-4H3,(H,32,37)(H,33,39);1H/t22-,23?;/m1./s1. The summed E-state index contributed by atoms with van der Waals surface area (Å²) in [5, 5.41) is 5.69. The molecular formula is C30H40ClN5O4. The van der Waals surface area contributed by atoms with Gasteiger partial charge < -0.3 is 26.2 Å². The zero-order chi connectivity index (χ0) is 28.3. The van der Waals surface area contributed by atoms with Crippen molar-refractivity contribution in [2.45, 2.75) is 77.5 Å². The SMILES string of the molecule is CC(C)C[C@@H](NC(=O)C(C)(C)N)C(=O)NC1Cc2cccc(N3CCCC3=O)c2N(Cc2ccccc2)C1=O.Cl. The van der Waals surface area contributed by atoms with Crippen LogP contribution in [0.15, 0.2) is 48.5 Å². The number of carbonyl (C=O) groups excluding carboxylic acids is 4. The molecule has 0 spiro atoms. The number of amides is 4. The third kappa shape index (κ3) is 7.01. The third-order valence-electron chi connectivity index (χ3n) is 7.13. The Bertz CT molecular complexity index is 1240. The number of carbonyl (C=O) groups is 4. The molecule has 0 radical (unpaired) electrons. The van der Waals surface area contributed by atoms with Gasteiger partial charge >= 0.3 is 0 Å². The van der Waals surface area contributed by atoms with E-state index in [-0.39, 0.29) is 36.6 Å². The smallest absolute Gasteiger partial charge is 0.250 e. The molecule has 2 aromatic rings. The first-order valence-electron chi connectivity index (χ1n) is 13.6. The van der Waals surface area contributed by atoms with Crippen LogP contribution < -0.4 is 26.2 Å². The Labute approximate surface area is 242 Å². The molecule has 1 saturated heterocycles. The number of hydrogen-bond donors (Lipinski definition) is 3. The molecule has 2 aliphatic rings. The van der Waals surface area contributed by atoms with Crippen molar-refractivity contribution in [1.29, 1.82) is 0 Å². The van der Waals surface area contributed by atoms with Crippen molar-refractivity contribution in [1.82, 2.24) is 10.6 Å². The molecule has 2 heterocycles. The van der Waals surface area contributed by atoms with Crippen molar-refractivity contribution in [3.8, 4) is 0 Å². The van der Waals surface area contributed by atoms with Crippen molar-refractivity contribution < 1.29 is 19.2 Å². The minimum Gasteiger partial charge on any atom is -0.343 e. The lowest BCUT2D eigenvalue weighted by Gasteiger charge is -2.38. The molecule has 2 atom stereocenters. The van der Waals surface area contributed by atoms with Gasteiger partial charge in [0.2, 0.25) is 23.6 Å². The average molecular weight is 570 g/mol. The van der Waals surface area contributed by atoms with E-state index >= 15 is 0 Å². The Balaban J connectivity index is 0.00000441. The second kappa shape index (κ2) is 12.8. The normalized spacial score (nSPS) is 17.8. The number of nitrogens with one attached hydrogen (secondary N) is 2. The molecule has 2 aliphatic heterocycles. The van der Waals surface area contributed by atoms with Gasteiger partial charge in [-0.2, -0.15) is 0 Å². The Morgan fingerprint density at radius 3 is 2.38 bits per heavy atom. The van der Waals surface area contributed by atoms with Crippen LogP contribution in [0.4, 0.5) is 11.4 Å². The highest BCUT2D eigenvalue weighted by Crippen LogP contribution is 2.40. The number of benzene rings is 2. The Morgan fingerprint density at radius 2 is 1.77 bits per heavy atom. The number of rotatable bonds is 9. The van der Waals surface area contributed by atoms with Crippen molar-refractivity contribution in [3.63, 3.8) is 0 Å². The maximum atomic E-state index is 14.0. The van der Waals surface area contributed by atoms with Crippen LogP contribution in [0.3, 0.4) is 0 Å². The van der Waals surface area contributed by atoms with Crippen molar-refractivity contribution in [2.75, 3.05) is 16.3 Å². The molecule has 4 rings (SSSR count). The topological polar surface area (TPSA) is 125 Å². The summed E-state index contributed by atoms with van der Waals surface area (Å²) in [6, 6.07) is 13.7. The van der Waals surface area contributed by atoms with E-state index in [1.165, 1.54) is 0 Å². The van der Waals surface area contributed by atoms with Gasteiger partial charge in [-0.25, -0.2) is 0 Å². The average Bonchev–Trinajstić information content (AvgIpc) is 3.31. The first-order chi connectivity index (χ1) is 18.5. The van der Waals surface area contributed by atoms with E-state index in [9.17, 15) is 19.2 Å². The minimum absolute atomic E-state index is 0. The molecule has 0 aliphatic carbocycles. The molecule has 2 aromatic carbocycles. The second-order valence-electron chi connectivity index (χ2n) is 11.5. The van der Waals surface area contributed by atoms with Gasteiger partial charge in [0.15, 0.2) is 0 Å². The fourth-order valence-corrected chi connectivity index (χ4v) is 5.14. The van der Waals surface area contributed by atoms with Crippen molar-refractivity contribution >= 4 is 47.4 Å². The Morgan fingerprint density at radius 1 is 1.07 bits per heavy atom. The largest absolute Gasteiger partial charge is 0.343 e. The van der Waals surface area contributed by atoms with Crippen molar-refractivity contribution in [3.05, 3.63) is 59.7 Å². The predicted octanol–water partition coefficient (Wildman–Crippen LogP) is 3.08. The molecule has 4 N–H and O–H groups in total. The Hall–Kier alpha value is -3.43. The van der Waals surface area contributed by atoms with Crippen LogP contribution in [-0.2, 0) is 32.1 Å². The number of anilines is 2. The van der Waals surface area contributed by atoms with Crippen LogP contribution in [-0.4, -0.2) is 47.8 Å². The summed E-state index contributed by atoms with van der Waals surface area (Å²) in [5.41, 5.74) is 8.05. The maximum Gasteiger partial charge on any atom is 0.250 e. The van der Waals surface area contributed by atoms with Gasteiger partial charge in [-0.15, -0.1) is 12.4 Å². The zero-order valence-electron chi connectivity index (χ0n) is 23.6. The van der Waals surface area contributed by atoms with E-state index in [4.69, 9.17) is 5.73 Å². The van der Waals surface area contributed by atoms with E-state index in [1.54, 1.807) is 23.6 Å². The van der Waals surface area contributed by atoms with Crippen LogP contribution in [0.25, 0.3) is 0 Å². The molecule has 4 amide bonds. The zero-order valence-corrected chi connectivity index (χ0v) is 24.4. The first-order valence-corrected chi connectivity index (χ1v) is 13.6. The number of hydrogen-bond acceptors (Lipinski definition) is 5.